The van der Waals surface area contributed by atoms with Crippen LogP contribution in [0.25, 0.3) is 0 Å². The predicted octanol–water partition coefficient (Wildman–Crippen LogP) is 3.00. The van der Waals surface area contributed by atoms with Crippen LogP contribution in [0.3, 0.4) is 0 Å². The molecular formula is C12H11F3N2. The van der Waals surface area contributed by atoms with Crippen LogP contribution in [0, 0.1) is 11.3 Å². The quantitative estimate of drug-likeness (QED) is 0.819. The van der Waals surface area contributed by atoms with Crippen molar-refractivity contribution < 1.29 is 13.2 Å². The van der Waals surface area contributed by atoms with E-state index in [1.807, 2.05) is 6.07 Å². The Kier molecular flexibility index (Phi) is 3.07. The van der Waals surface area contributed by atoms with Crippen LogP contribution < -0.4 is 5.32 Å². The molecule has 1 aromatic carbocycles. The van der Waals surface area contributed by atoms with E-state index in [9.17, 15) is 13.2 Å². The highest BCUT2D eigenvalue weighted by Gasteiger charge is 2.31. The van der Waals surface area contributed by atoms with Gasteiger partial charge in [0.2, 0.25) is 0 Å². The number of halogens is 3. The molecule has 1 heterocycles. The van der Waals surface area contributed by atoms with Crippen molar-refractivity contribution in [3.63, 3.8) is 0 Å². The molecule has 0 bridgehead atoms. The van der Waals surface area contributed by atoms with Gasteiger partial charge in [-0.25, -0.2) is 0 Å². The summed E-state index contributed by atoms with van der Waals surface area (Å²) in [5, 5.41) is 12.1. The number of hydrogen-bond donors (Lipinski definition) is 1. The minimum absolute atomic E-state index is 0.00642. The highest BCUT2D eigenvalue weighted by Crippen LogP contribution is 2.33. The van der Waals surface area contributed by atoms with Crippen molar-refractivity contribution >= 4 is 0 Å². The normalized spacial score (nSPS) is 20.2. The Morgan fingerprint density at radius 2 is 2.12 bits per heavy atom. The molecule has 0 amide bonds. The van der Waals surface area contributed by atoms with E-state index in [-0.39, 0.29) is 11.6 Å². The maximum Gasteiger partial charge on any atom is 0.416 e. The van der Waals surface area contributed by atoms with E-state index in [0.29, 0.717) is 5.56 Å². The average molecular weight is 240 g/mol. The van der Waals surface area contributed by atoms with Crippen molar-refractivity contribution in [2.45, 2.75) is 25.1 Å². The Morgan fingerprint density at radius 1 is 1.35 bits per heavy atom. The number of rotatable bonds is 1. The Balaban J connectivity index is 2.39. The first-order valence-electron chi connectivity index (χ1n) is 5.37. The second-order valence-corrected chi connectivity index (χ2v) is 4.06. The zero-order chi connectivity index (χ0) is 12.5. The van der Waals surface area contributed by atoms with Crippen LogP contribution in [0.2, 0.25) is 0 Å². The fourth-order valence-electron chi connectivity index (χ4n) is 2.08. The van der Waals surface area contributed by atoms with Crippen LogP contribution >= 0.6 is 0 Å². The van der Waals surface area contributed by atoms with E-state index in [4.69, 9.17) is 5.26 Å². The lowest BCUT2D eigenvalue weighted by Gasteiger charge is -2.14. The largest absolute Gasteiger partial charge is 0.416 e. The first kappa shape index (κ1) is 11.9. The Morgan fingerprint density at radius 3 is 2.65 bits per heavy atom. The molecule has 0 spiro atoms. The molecule has 1 aliphatic rings. The van der Waals surface area contributed by atoms with Crippen LogP contribution in [-0.4, -0.2) is 6.54 Å². The van der Waals surface area contributed by atoms with Gasteiger partial charge in [0.15, 0.2) is 0 Å². The topological polar surface area (TPSA) is 35.8 Å². The van der Waals surface area contributed by atoms with E-state index in [0.717, 1.165) is 31.5 Å². The summed E-state index contributed by atoms with van der Waals surface area (Å²) < 4.78 is 37.5. The summed E-state index contributed by atoms with van der Waals surface area (Å²) >= 11 is 0. The van der Waals surface area contributed by atoms with Crippen molar-refractivity contribution in [2.24, 2.45) is 0 Å². The van der Waals surface area contributed by atoms with Crippen LogP contribution in [0.5, 0.6) is 0 Å². The third-order valence-corrected chi connectivity index (χ3v) is 2.94. The van der Waals surface area contributed by atoms with E-state index >= 15 is 0 Å². The maximum absolute atomic E-state index is 12.5. The van der Waals surface area contributed by atoms with Gasteiger partial charge in [-0.2, -0.15) is 18.4 Å². The van der Waals surface area contributed by atoms with Crippen molar-refractivity contribution in [1.29, 1.82) is 5.26 Å². The number of nitriles is 1. The summed E-state index contributed by atoms with van der Waals surface area (Å²) in [7, 11) is 0. The molecule has 1 fully saturated rings. The zero-order valence-electron chi connectivity index (χ0n) is 9.01. The molecule has 2 rings (SSSR count). The van der Waals surface area contributed by atoms with Gasteiger partial charge < -0.3 is 5.32 Å². The second kappa shape index (κ2) is 4.38. The highest BCUT2D eigenvalue weighted by molar-refractivity contribution is 5.43. The Labute approximate surface area is 97.1 Å². The maximum atomic E-state index is 12.5. The van der Waals surface area contributed by atoms with Gasteiger partial charge in [0.25, 0.3) is 0 Å². The third-order valence-electron chi connectivity index (χ3n) is 2.94. The van der Waals surface area contributed by atoms with Gasteiger partial charge in [0, 0.05) is 6.04 Å². The van der Waals surface area contributed by atoms with Crippen LogP contribution in [0.1, 0.15) is 35.6 Å². The van der Waals surface area contributed by atoms with Gasteiger partial charge in [-0.15, -0.1) is 0 Å². The molecule has 0 unspecified atom stereocenters. The molecule has 0 aliphatic carbocycles. The van der Waals surface area contributed by atoms with Gasteiger partial charge in [0.05, 0.1) is 17.2 Å². The SMILES string of the molecule is N#Cc1cc(C(F)(F)F)ccc1[C@@H]1CCCN1. The van der Waals surface area contributed by atoms with Crippen LogP contribution in [0.15, 0.2) is 18.2 Å². The second-order valence-electron chi connectivity index (χ2n) is 4.06. The average Bonchev–Trinajstić information content (AvgIpc) is 2.80. The van der Waals surface area contributed by atoms with Gasteiger partial charge in [-0.3, -0.25) is 0 Å². The van der Waals surface area contributed by atoms with Gasteiger partial charge in [-0.1, -0.05) is 6.07 Å². The van der Waals surface area contributed by atoms with E-state index < -0.39 is 11.7 Å². The molecule has 1 aromatic rings. The standard InChI is InChI=1S/C12H11F3N2/c13-12(14,15)9-3-4-10(8(6-9)7-16)11-2-1-5-17-11/h3-4,6,11,17H,1-2,5H2/t11-/m0/s1. The lowest BCUT2D eigenvalue weighted by molar-refractivity contribution is -0.137. The molecule has 0 aromatic heterocycles. The smallest absolute Gasteiger partial charge is 0.310 e. The summed E-state index contributed by atoms with van der Waals surface area (Å²) in [5.74, 6) is 0. The molecule has 1 N–H and O–H groups in total. The third kappa shape index (κ3) is 2.42. The summed E-state index contributed by atoms with van der Waals surface area (Å²) in [6.07, 6.45) is -2.55. The number of benzene rings is 1. The summed E-state index contributed by atoms with van der Waals surface area (Å²) in [4.78, 5) is 0. The Bertz CT molecular complexity index is 454. The van der Waals surface area contributed by atoms with Crippen LogP contribution in [0.4, 0.5) is 13.2 Å². The molecule has 1 atom stereocenters. The molecule has 2 nitrogen and oxygen atoms in total. The van der Waals surface area contributed by atoms with Gasteiger partial charge in [-0.05, 0) is 37.1 Å². The monoisotopic (exact) mass is 240 g/mol. The molecule has 1 aliphatic heterocycles. The lowest BCUT2D eigenvalue weighted by Crippen LogP contribution is -2.15. The van der Waals surface area contributed by atoms with E-state index in [2.05, 4.69) is 5.32 Å². The summed E-state index contributed by atoms with van der Waals surface area (Å²) in [6, 6.07) is 5.22. The van der Waals surface area contributed by atoms with E-state index in [1.54, 1.807) is 0 Å². The van der Waals surface area contributed by atoms with Crippen molar-refractivity contribution in [1.82, 2.24) is 5.32 Å². The number of nitrogens with one attached hydrogen (secondary N) is 1. The molecule has 0 saturated carbocycles. The van der Waals surface area contributed by atoms with Gasteiger partial charge >= 0.3 is 6.18 Å². The fraction of sp³-hybridized carbons (Fsp3) is 0.417. The molecule has 0 radical (unpaired) electrons. The summed E-state index contributed by atoms with van der Waals surface area (Å²) in [5.41, 5.74) is 0.00743. The Hall–Kier alpha value is -1.54. The number of nitrogens with zero attached hydrogens (tertiary/aromatic N) is 1. The van der Waals surface area contributed by atoms with Crippen molar-refractivity contribution in [3.05, 3.63) is 34.9 Å². The number of hydrogen-bond acceptors (Lipinski definition) is 2. The minimum Gasteiger partial charge on any atom is -0.310 e. The van der Waals surface area contributed by atoms with E-state index in [1.165, 1.54) is 6.07 Å². The summed E-state index contributed by atoms with van der Waals surface area (Å²) in [6.45, 7) is 0.844. The molecule has 90 valence electrons. The van der Waals surface area contributed by atoms with Gasteiger partial charge in [0.1, 0.15) is 0 Å². The highest BCUT2D eigenvalue weighted by atomic mass is 19.4. The minimum atomic E-state index is -4.40. The van der Waals surface area contributed by atoms with Crippen LogP contribution in [-0.2, 0) is 6.18 Å². The molecule has 5 heteroatoms. The number of alkyl halides is 3. The lowest BCUT2D eigenvalue weighted by atomic mass is 9.97. The molecular weight excluding hydrogens is 229 g/mol. The fourth-order valence-corrected chi connectivity index (χ4v) is 2.08. The van der Waals surface area contributed by atoms with Crippen molar-refractivity contribution in [3.8, 4) is 6.07 Å². The molecule has 1 saturated heterocycles. The first-order valence-corrected chi connectivity index (χ1v) is 5.37. The predicted molar refractivity (Wildman–Crippen MR) is 56.1 cm³/mol. The first-order chi connectivity index (χ1) is 8.02. The molecule has 17 heavy (non-hydrogen) atoms. The zero-order valence-corrected chi connectivity index (χ0v) is 9.01. The van der Waals surface area contributed by atoms with Crippen molar-refractivity contribution in [2.75, 3.05) is 6.54 Å².